The molecule has 0 radical (unpaired) electrons. The molecule has 3 heterocycles. The highest BCUT2D eigenvalue weighted by Gasteiger charge is 2.51. The Morgan fingerprint density at radius 3 is 2.14 bits per heavy atom. The molecule has 2 saturated heterocycles. The van der Waals surface area contributed by atoms with Crippen molar-refractivity contribution in [1.29, 1.82) is 0 Å². The highest BCUT2D eigenvalue weighted by molar-refractivity contribution is 5.82. The van der Waals surface area contributed by atoms with Crippen LogP contribution in [0, 0.1) is 35.5 Å². The topological polar surface area (TPSA) is 146 Å². The van der Waals surface area contributed by atoms with E-state index in [1.807, 2.05) is 19.1 Å². The molecule has 0 aromatic carbocycles. The SMILES string of the molecule is CCC[C@@H]1O[C@@]2(CC[C@@H]1C)C[C@@H]1OC(=O)/C=C/C(CC)C(O)C(C)C(O)CC(O)CC(O)C(C)C(O)CC/C=C/C=C/C(CC)CC[C@H](O2)[C@H]1C. The van der Waals surface area contributed by atoms with Crippen LogP contribution in [0.5, 0.6) is 0 Å². The van der Waals surface area contributed by atoms with Crippen LogP contribution in [0.3, 0.4) is 0 Å². The number of hydrogen-bond acceptors (Lipinski definition) is 9. The Labute approximate surface area is 308 Å². The minimum atomic E-state index is -1.04. The van der Waals surface area contributed by atoms with Gasteiger partial charge in [0.25, 0.3) is 0 Å². The van der Waals surface area contributed by atoms with E-state index in [0.717, 1.165) is 44.9 Å². The molecule has 9 nitrogen and oxygen atoms in total. The summed E-state index contributed by atoms with van der Waals surface area (Å²) in [7, 11) is 0. The van der Waals surface area contributed by atoms with E-state index in [0.29, 0.717) is 37.5 Å². The van der Waals surface area contributed by atoms with Gasteiger partial charge >= 0.3 is 5.97 Å². The molecule has 3 rings (SSSR count). The van der Waals surface area contributed by atoms with E-state index in [-0.39, 0.29) is 31.0 Å². The third-order valence-electron chi connectivity index (χ3n) is 12.3. The van der Waals surface area contributed by atoms with Crippen molar-refractivity contribution in [2.45, 2.75) is 187 Å². The lowest BCUT2D eigenvalue weighted by molar-refractivity contribution is -0.346. The van der Waals surface area contributed by atoms with Crippen LogP contribution in [-0.2, 0) is 19.0 Å². The molecule has 0 saturated carbocycles. The van der Waals surface area contributed by atoms with Crippen LogP contribution in [0.1, 0.15) is 132 Å². The summed E-state index contributed by atoms with van der Waals surface area (Å²) in [5.74, 6) is -2.00. The molecule has 3 aliphatic rings. The number of aliphatic hydroxyl groups is 5. The molecular formula is C42H72O9. The predicted molar refractivity (Wildman–Crippen MR) is 200 cm³/mol. The van der Waals surface area contributed by atoms with Gasteiger partial charge in [-0.3, -0.25) is 0 Å². The molecule has 3 aliphatic heterocycles. The van der Waals surface area contributed by atoms with E-state index in [1.165, 1.54) is 6.08 Å². The zero-order valence-electron chi connectivity index (χ0n) is 32.6. The van der Waals surface area contributed by atoms with Gasteiger partial charge in [0.05, 0.1) is 42.7 Å². The smallest absolute Gasteiger partial charge is 0.330 e. The van der Waals surface area contributed by atoms with Crippen LogP contribution < -0.4 is 0 Å². The zero-order chi connectivity index (χ0) is 37.7. The molecule has 1 spiro atoms. The van der Waals surface area contributed by atoms with Crippen molar-refractivity contribution < 1.29 is 44.5 Å². The van der Waals surface area contributed by atoms with E-state index in [9.17, 15) is 30.3 Å². The van der Waals surface area contributed by atoms with Gasteiger partial charge in [-0.05, 0) is 76.0 Å². The molecule has 2 fully saturated rings. The Bertz CT molecular complexity index is 1110. The zero-order valence-corrected chi connectivity index (χ0v) is 32.6. The van der Waals surface area contributed by atoms with E-state index >= 15 is 0 Å². The van der Waals surface area contributed by atoms with Gasteiger partial charge in [-0.25, -0.2) is 4.79 Å². The van der Waals surface area contributed by atoms with Crippen LogP contribution >= 0.6 is 0 Å². The van der Waals surface area contributed by atoms with Crippen molar-refractivity contribution in [1.82, 2.24) is 0 Å². The number of ether oxygens (including phenoxy) is 3. The van der Waals surface area contributed by atoms with Crippen LogP contribution in [-0.4, -0.2) is 86.1 Å². The Balaban J connectivity index is 1.87. The minimum absolute atomic E-state index is 0.00807. The summed E-state index contributed by atoms with van der Waals surface area (Å²) in [4.78, 5) is 13.4. The normalized spacial score (nSPS) is 45.1. The summed E-state index contributed by atoms with van der Waals surface area (Å²) in [5.41, 5.74) is 0. The van der Waals surface area contributed by atoms with Gasteiger partial charge in [0.2, 0.25) is 0 Å². The molecule has 15 atom stereocenters. The Kier molecular flexibility index (Phi) is 18.3. The Morgan fingerprint density at radius 2 is 1.47 bits per heavy atom. The molecule has 0 aromatic rings. The summed E-state index contributed by atoms with van der Waals surface area (Å²) in [6.07, 6.45) is 14.8. The first kappa shape index (κ1) is 43.8. The van der Waals surface area contributed by atoms with Crippen molar-refractivity contribution >= 4 is 5.97 Å². The maximum Gasteiger partial charge on any atom is 0.330 e. The molecule has 51 heavy (non-hydrogen) atoms. The molecule has 0 aromatic heterocycles. The number of rotatable bonds is 4. The number of aliphatic hydroxyl groups excluding tert-OH is 5. The largest absolute Gasteiger partial charge is 0.459 e. The summed E-state index contributed by atoms with van der Waals surface area (Å²) < 4.78 is 19.9. The van der Waals surface area contributed by atoms with Gasteiger partial charge in [-0.1, -0.05) is 85.3 Å². The fraction of sp³-hybridized carbons (Fsp3) is 0.833. The Morgan fingerprint density at radius 1 is 0.765 bits per heavy atom. The summed E-state index contributed by atoms with van der Waals surface area (Å²) in [6, 6.07) is 0. The average molecular weight is 721 g/mol. The molecule has 5 N–H and O–H groups in total. The number of carbonyl (C=O) groups excluding carboxylic acids is 1. The number of esters is 1. The maximum atomic E-state index is 13.4. The van der Waals surface area contributed by atoms with Crippen LogP contribution in [0.25, 0.3) is 0 Å². The lowest BCUT2D eigenvalue weighted by atomic mass is 9.80. The van der Waals surface area contributed by atoms with E-state index < -0.39 is 66.1 Å². The van der Waals surface area contributed by atoms with Gasteiger partial charge in [-0.15, -0.1) is 0 Å². The fourth-order valence-corrected chi connectivity index (χ4v) is 8.16. The first-order chi connectivity index (χ1) is 24.2. The lowest BCUT2D eigenvalue weighted by Crippen LogP contribution is -2.57. The minimum Gasteiger partial charge on any atom is -0.459 e. The van der Waals surface area contributed by atoms with Crippen molar-refractivity contribution in [2.24, 2.45) is 35.5 Å². The Hall–Kier alpha value is -1.59. The van der Waals surface area contributed by atoms with Crippen LogP contribution in [0.15, 0.2) is 36.5 Å². The molecule has 294 valence electrons. The standard InChI is InChI=1S/C42H72O9/c1-8-15-37-27(4)22-23-42(50-37)26-39-30(7)38(51-42)20-18-31(9-2)16-13-11-12-14-17-34(44)28(5)35(45)24-33(43)25-36(46)29(6)41(48)32(10-3)19-21-40(47)49-39/h11-13,16,19,21,27-39,41,43-46,48H,8-10,14-15,17-18,20,22-26H2,1-7H3/b12-11+,16-13+,21-19+/t27-,28?,29?,30+,31?,32?,33?,34?,35?,36?,37-,38-,39-,41?,42+/m0/s1. The van der Waals surface area contributed by atoms with Gasteiger partial charge in [0, 0.05) is 42.6 Å². The molecule has 2 bridgehead atoms. The number of allylic oxidation sites excluding steroid dienone is 4. The quantitative estimate of drug-likeness (QED) is 0.198. The molecule has 9 unspecified atom stereocenters. The van der Waals surface area contributed by atoms with Gasteiger partial charge in [0.1, 0.15) is 6.10 Å². The first-order valence-electron chi connectivity index (χ1n) is 20.2. The summed E-state index contributed by atoms with van der Waals surface area (Å²) >= 11 is 0. The van der Waals surface area contributed by atoms with Crippen molar-refractivity contribution in [3.05, 3.63) is 36.5 Å². The average Bonchev–Trinajstić information content (AvgIpc) is 3.10. The van der Waals surface area contributed by atoms with E-state index in [1.54, 1.807) is 19.9 Å². The summed E-state index contributed by atoms with van der Waals surface area (Å²) in [6.45, 7) is 14.1. The molecular weight excluding hydrogens is 648 g/mol. The van der Waals surface area contributed by atoms with Crippen molar-refractivity contribution in [3.63, 3.8) is 0 Å². The van der Waals surface area contributed by atoms with Gasteiger partial charge in [-0.2, -0.15) is 0 Å². The third kappa shape index (κ3) is 13.0. The van der Waals surface area contributed by atoms with Gasteiger partial charge in [0.15, 0.2) is 5.79 Å². The lowest BCUT2D eigenvalue weighted by Gasteiger charge is -2.51. The second-order valence-corrected chi connectivity index (χ2v) is 16.2. The fourth-order valence-electron chi connectivity index (χ4n) is 8.16. The summed E-state index contributed by atoms with van der Waals surface area (Å²) in [5, 5.41) is 54.4. The highest BCUT2D eigenvalue weighted by Crippen LogP contribution is 2.45. The van der Waals surface area contributed by atoms with Crippen LogP contribution in [0.2, 0.25) is 0 Å². The predicted octanol–water partition coefficient (Wildman–Crippen LogP) is 6.79. The van der Waals surface area contributed by atoms with Crippen molar-refractivity contribution in [2.75, 3.05) is 0 Å². The van der Waals surface area contributed by atoms with E-state index in [2.05, 4.69) is 39.8 Å². The third-order valence-corrected chi connectivity index (χ3v) is 12.3. The number of carbonyl (C=O) groups is 1. The first-order valence-corrected chi connectivity index (χ1v) is 20.2. The highest BCUT2D eigenvalue weighted by atomic mass is 16.7. The van der Waals surface area contributed by atoms with Crippen LogP contribution in [0.4, 0.5) is 0 Å². The second kappa shape index (κ2) is 21.3. The molecule has 9 heteroatoms. The molecule has 0 amide bonds. The number of hydrogen-bond donors (Lipinski definition) is 5. The van der Waals surface area contributed by atoms with Crippen molar-refractivity contribution in [3.8, 4) is 0 Å². The van der Waals surface area contributed by atoms with Gasteiger partial charge < -0.3 is 39.7 Å². The second-order valence-electron chi connectivity index (χ2n) is 16.2. The molecule has 0 aliphatic carbocycles. The maximum absolute atomic E-state index is 13.4. The number of fused-ring (bicyclic) bond motifs is 2. The van der Waals surface area contributed by atoms with E-state index in [4.69, 9.17) is 14.2 Å². The monoisotopic (exact) mass is 721 g/mol.